The predicted octanol–water partition coefficient (Wildman–Crippen LogP) is 2.73. The summed E-state index contributed by atoms with van der Waals surface area (Å²) < 4.78 is 0. The fraction of sp³-hybridized carbons (Fsp3) is 0.100. The molecule has 1 N–H and O–H groups in total. The molecule has 0 saturated carbocycles. The van der Waals surface area contributed by atoms with Gasteiger partial charge in [0.25, 0.3) is 0 Å². The van der Waals surface area contributed by atoms with Gasteiger partial charge in [-0.15, -0.1) is 22.7 Å². The molecule has 0 aliphatic heterocycles. The van der Waals surface area contributed by atoms with Crippen LogP contribution in [0.15, 0.2) is 35.0 Å². The maximum absolute atomic E-state index is 11.7. The molecule has 72 valence electrons. The third-order valence-electron chi connectivity index (χ3n) is 1.83. The second-order valence-electron chi connectivity index (χ2n) is 2.76. The van der Waals surface area contributed by atoms with Crippen molar-refractivity contribution in [2.75, 3.05) is 0 Å². The van der Waals surface area contributed by atoms with Crippen LogP contribution in [0.4, 0.5) is 0 Å². The second-order valence-corrected chi connectivity index (χ2v) is 4.69. The highest BCUT2D eigenvalue weighted by atomic mass is 32.1. The number of rotatable bonds is 3. The van der Waals surface area contributed by atoms with Crippen LogP contribution in [-0.2, 0) is 0 Å². The molecular formula is C10H8O2S2. The summed E-state index contributed by atoms with van der Waals surface area (Å²) in [5.74, 6) is -0.220. The number of hydrogen-bond acceptors (Lipinski definition) is 4. The van der Waals surface area contributed by atoms with Crippen molar-refractivity contribution in [2.24, 2.45) is 0 Å². The molecule has 2 aromatic rings. The number of carbonyl (C=O) groups is 1. The van der Waals surface area contributed by atoms with Gasteiger partial charge in [0, 0.05) is 4.88 Å². The highest BCUT2D eigenvalue weighted by molar-refractivity contribution is 7.12. The molecule has 0 amide bonds. The normalized spacial score (nSPS) is 12.6. The van der Waals surface area contributed by atoms with E-state index < -0.39 is 6.10 Å². The summed E-state index contributed by atoms with van der Waals surface area (Å²) in [6.45, 7) is 0. The van der Waals surface area contributed by atoms with E-state index in [1.807, 2.05) is 16.8 Å². The van der Waals surface area contributed by atoms with Crippen molar-refractivity contribution in [3.8, 4) is 0 Å². The van der Waals surface area contributed by atoms with Gasteiger partial charge in [-0.2, -0.15) is 0 Å². The first-order chi connectivity index (χ1) is 6.79. The zero-order valence-corrected chi connectivity index (χ0v) is 8.85. The summed E-state index contributed by atoms with van der Waals surface area (Å²) in [4.78, 5) is 13.0. The molecule has 0 unspecified atom stereocenters. The zero-order chi connectivity index (χ0) is 9.97. The lowest BCUT2D eigenvalue weighted by atomic mass is 10.2. The van der Waals surface area contributed by atoms with Gasteiger partial charge in [0.1, 0.15) is 0 Å². The van der Waals surface area contributed by atoms with Crippen LogP contribution in [0.5, 0.6) is 0 Å². The van der Waals surface area contributed by atoms with Crippen LogP contribution in [0.3, 0.4) is 0 Å². The van der Waals surface area contributed by atoms with Crippen LogP contribution in [-0.4, -0.2) is 10.9 Å². The molecule has 2 heterocycles. The van der Waals surface area contributed by atoms with Gasteiger partial charge in [-0.1, -0.05) is 12.1 Å². The topological polar surface area (TPSA) is 37.3 Å². The maximum atomic E-state index is 11.7. The highest BCUT2D eigenvalue weighted by Gasteiger charge is 2.20. The standard InChI is InChI=1S/C10H8O2S2/c11-9(7-3-1-5-13-7)10(12)8-4-2-6-14-8/h1-6,9,11H/t9-/m1/s1. The Labute approximate surface area is 89.5 Å². The molecule has 2 aromatic heterocycles. The minimum absolute atomic E-state index is 0.220. The molecule has 0 spiro atoms. The SMILES string of the molecule is O=C(c1cccs1)[C@H](O)c1cccs1. The van der Waals surface area contributed by atoms with E-state index >= 15 is 0 Å². The number of aliphatic hydroxyl groups excluding tert-OH is 1. The first kappa shape index (κ1) is 9.58. The number of carbonyl (C=O) groups excluding carboxylic acids is 1. The average Bonchev–Trinajstić information content (AvgIpc) is 2.87. The quantitative estimate of drug-likeness (QED) is 0.814. The molecule has 2 nitrogen and oxygen atoms in total. The Bertz CT molecular complexity index is 403. The van der Waals surface area contributed by atoms with E-state index in [0.717, 1.165) is 0 Å². The second kappa shape index (κ2) is 4.04. The first-order valence-electron chi connectivity index (χ1n) is 4.08. The molecule has 1 atom stereocenters. The molecule has 2 rings (SSSR count). The van der Waals surface area contributed by atoms with Crippen molar-refractivity contribution < 1.29 is 9.90 Å². The molecule has 0 bridgehead atoms. The van der Waals surface area contributed by atoms with Crippen molar-refractivity contribution in [2.45, 2.75) is 6.10 Å². The summed E-state index contributed by atoms with van der Waals surface area (Å²) in [6.07, 6.45) is -1.01. The van der Waals surface area contributed by atoms with Crippen LogP contribution in [0.2, 0.25) is 0 Å². The molecule has 0 fully saturated rings. The average molecular weight is 224 g/mol. The van der Waals surface area contributed by atoms with E-state index in [4.69, 9.17) is 0 Å². The van der Waals surface area contributed by atoms with Crippen LogP contribution in [0, 0.1) is 0 Å². The van der Waals surface area contributed by atoms with Crippen LogP contribution >= 0.6 is 22.7 Å². The zero-order valence-electron chi connectivity index (χ0n) is 7.21. The van der Waals surface area contributed by atoms with Gasteiger partial charge in [-0.25, -0.2) is 0 Å². The summed E-state index contributed by atoms with van der Waals surface area (Å²) in [5, 5.41) is 13.4. The minimum atomic E-state index is -1.01. The Morgan fingerprint density at radius 1 is 1.21 bits per heavy atom. The van der Waals surface area contributed by atoms with Crippen LogP contribution < -0.4 is 0 Å². The van der Waals surface area contributed by atoms with Gasteiger partial charge in [0.15, 0.2) is 6.10 Å². The fourth-order valence-electron chi connectivity index (χ4n) is 1.13. The summed E-state index contributed by atoms with van der Waals surface area (Å²) in [6, 6.07) is 7.12. The molecule has 0 radical (unpaired) electrons. The van der Waals surface area contributed by atoms with Gasteiger partial charge in [-0.3, -0.25) is 4.79 Å². The van der Waals surface area contributed by atoms with E-state index in [2.05, 4.69) is 0 Å². The Morgan fingerprint density at radius 3 is 2.50 bits per heavy atom. The van der Waals surface area contributed by atoms with E-state index in [0.29, 0.717) is 9.75 Å². The number of hydrogen-bond donors (Lipinski definition) is 1. The lowest BCUT2D eigenvalue weighted by Crippen LogP contribution is -2.09. The Hall–Kier alpha value is -0.970. The van der Waals surface area contributed by atoms with E-state index in [1.165, 1.54) is 22.7 Å². The van der Waals surface area contributed by atoms with E-state index in [-0.39, 0.29) is 5.78 Å². The minimum Gasteiger partial charge on any atom is -0.379 e. The smallest absolute Gasteiger partial charge is 0.206 e. The first-order valence-corrected chi connectivity index (χ1v) is 5.84. The number of Topliss-reactive ketones (excluding diaryl/α,β-unsaturated/α-hetero) is 1. The summed E-state index contributed by atoms with van der Waals surface area (Å²) in [5.41, 5.74) is 0. The molecule has 0 aliphatic rings. The third kappa shape index (κ3) is 1.77. The molecular weight excluding hydrogens is 216 g/mol. The van der Waals surface area contributed by atoms with E-state index in [1.54, 1.807) is 18.2 Å². The molecule has 14 heavy (non-hydrogen) atoms. The van der Waals surface area contributed by atoms with E-state index in [9.17, 15) is 9.90 Å². The molecule has 0 aromatic carbocycles. The Balaban J connectivity index is 2.21. The largest absolute Gasteiger partial charge is 0.379 e. The van der Waals surface area contributed by atoms with Crippen molar-refractivity contribution in [1.29, 1.82) is 0 Å². The lowest BCUT2D eigenvalue weighted by molar-refractivity contribution is 0.0758. The van der Waals surface area contributed by atoms with Crippen LogP contribution in [0.25, 0.3) is 0 Å². The number of aliphatic hydroxyl groups is 1. The molecule has 0 aliphatic carbocycles. The van der Waals surface area contributed by atoms with Gasteiger partial charge in [-0.05, 0) is 22.9 Å². The van der Waals surface area contributed by atoms with Gasteiger partial charge < -0.3 is 5.11 Å². The van der Waals surface area contributed by atoms with Crippen molar-refractivity contribution in [1.82, 2.24) is 0 Å². The van der Waals surface area contributed by atoms with Crippen LogP contribution in [0.1, 0.15) is 20.7 Å². The monoisotopic (exact) mass is 224 g/mol. The van der Waals surface area contributed by atoms with Crippen molar-refractivity contribution >= 4 is 28.5 Å². The van der Waals surface area contributed by atoms with Gasteiger partial charge in [0.05, 0.1) is 4.88 Å². The van der Waals surface area contributed by atoms with Crippen molar-refractivity contribution in [3.05, 3.63) is 44.8 Å². The number of ketones is 1. The predicted molar refractivity (Wildman–Crippen MR) is 57.9 cm³/mol. The van der Waals surface area contributed by atoms with Gasteiger partial charge in [0.2, 0.25) is 5.78 Å². The Kier molecular flexibility index (Phi) is 2.77. The van der Waals surface area contributed by atoms with Crippen molar-refractivity contribution in [3.63, 3.8) is 0 Å². The summed E-state index contributed by atoms with van der Waals surface area (Å²) in [7, 11) is 0. The molecule has 4 heteroatoms. The molecule has 0 saturated heterocycles. The summed E-state index contributed by atoms with van der Waals surface area (Å²) >= 11 is 2.74. The Morgan fingerprint density at radius 2 is 1.93 bits per heavy atom. The lowest BCUT2D eigenvalue weighted by Gasteiger charge is -2.04. The van der Waals surface area contributed by atoms with Gasteiger partial charge >= 0.3 is 0 Å². The number of thiophene rings is 2. The maximum Gasteiger partial charge on any atom is 0.206 e. The highest BCUT2D eigenvalue weighted by Crippen LogP contribution is 2.24. The fourth-order valence-corrected chi connectivity index (χ4v) is 2.53. The third-order valence-corrected chi connectivity index (χ3v) is 3.63.